The lowest BCUT2D eigenvalue weighted by atomic mass is 9.59. The highest BCUT2D eigenvalue weighted by molar-refractivity contribution is 9.10. The van der Waals surface area contributed by atoms with E-state index in [0.29, 0.717) is 43.2 Å². The molecule has 3 aromatic rings. The van der Waals surface area contributed by atoms with Crippen molar-refractivity contribution in [1.82, 2.24) is 5.32 Å². The Morgan fingerprint density at radius 3 is 2.49 bits per heavy atom. The van der Waals surface area contributed by atoms with Crippen LogP contribution in [0, 0.1) is 5.41 Å². The molecule has 39 heavy (non-hydrogen) atoms. The quantitative estimate of drug-likeness (QED) is 0.267. The first-order valence-electron chi connectivity index (χ1n) is 12.3. The number of piperidine rings is 1. The molecule has 5 rings (SSSR count). The molecule has 6 nitrogen and oxygen atoms in total. The molecular formula is C29H26BrCl3N2O4. The van der Waals surface area contributed by atoms with Gasteiger partial charge in [0.2, 0.25) is 11.8 Å². The largest absolute Gasteiger partial charge is 0.493 e. The maximum absolute atomic E-state index is 14.3. The van der Waals surface area contributed by atoms with Crippen LogP contribution in [0.3, 0.4) is 0 Å². The summed E-state index contributed by atoms with van der Waals surface area (Å²) in [5.74, 6) is -0.723. The number of hydrogen-bond acceptors (Lipinski definition) is 4. The van der Waals surface area contributed by atoms with Gasteiger partial charge >= 0.3 is 0 Å². The molecule has 2 aliphatic heterocycles. The van der Waals surface area contributed by atoms with E-state index < -0.39 is 22.8 Å². The highest BCUT2D eigenvalue weighted by atomic mass is 79.9. The number of benzene rings is 3. The summed E-state index contributed by atoms with van der Waals surface area (Å²) < 4.78 is 6.98. The normalized spacial score (nSPS) is 22.4. The monoisotopic (exact) mass is 650 g/mol. The Hall–Kier alpha value is -2.29. The fourth-order valence-electron chi connectivity index (χ4n) is 5.50. The minimum Gasteiger partial charge on any atom is -0.493 e. The SMILES string of the molecule is CC(C)(CO)COc1ccc(Br)cc1[C@H]1NC(=O)C[C@@H](c2cc(Cl)ccc2Cl)[C@]12C(=O)Nc1cc(Cl)ccc12. The number of ether oxygens (including phenoxy) is 1. The number of aliphatic hydroxyl groups excluding tert-OH is 1. The van der Waals surface area contributed by atoms with Gasteiger partial charge in [-0.1, -0.05) is 70.6 Å². The molecule has 1 spiro atoms. The Morgan fingerprint density at radius 2 is 1.74 bits per heavy atom. The lowest BCUT2D eigenvalue weighted by Crippen LogP contribution is -2.57. The van der Waals surface area contributed by atoms with E-state index in [4.69, 9.17) is 39.5 Å². The zero-order valence-corrected chi connectivity index (χ0v) is 25.0. The van der Waals surface area contributed by atoms with Gasteiger partial charge < -0.3 is 20.5 Å². The van der Waals surface area contributed by atoms with E-state index in [9.17, 15) is 14.7 Å². The van der Waals surface area contributed by atoms with Gasteiger partial charge in [0, 0.05) is 48.5 Å². The molecular weight excluding hydrogens is 627 g/mol. The maximum atomic E-state index is 14.3. The number of nitrogens with one attached hydrogen (secondary N) is 2. The number of carbonyl (C=O) groups is 2. The number of amides is 2. The van der Waals surface area contributed by atoms with Crippen LogP contribution in [0.1, 0.15) is 48.9 Å². The predicted octanol–water partition coefficient (Wildman–Crippen LogP) is 7.04. The second kappa shape index (κ2) is 10.6. The first-order chi connectivity index (χ1) is 18.5. The molecule has 0 bridgehead atoms. The van der Waals surface area contributed by atoms with Crippen LogP contribution in [0.25, 0.3) is 0 Å². The number of fused-ring (bicyclic) bond motifs is 2. The third-order valence-corrected chi connectivity index (χ3v) is 8.72. The van der Waals surface area contributed by atoms with Crippen LogP contribution in [0.2, 0.25) is 15.1 Å². The molecule has 0 aliphatic carbocycles. The molecule has 2 amide bonds. The van der Waals surface area contributed by atoms with Crippen molar-refractivity contribution in [3.8, 4) is 5.75 Å². The van der Waals surface area contributed by atoms with Crippen molar-refractivity contribution in [3.63, 3.8) is 0 Å². The molecule has 3 atom stereocenters. The Morgan fingerprint density at radius 1 is 1.03 bits per heavy atom. The van der Waals surface area contributed by atoms with E-state index in [2.05, 4.69) is 26.6 Å². The summed E-state index contributed by atoms with van der Waals surface area (Å²) in [7, 11) is 0. The third kappa shape index (κ3) is 5.04. The van der Waals surface area contributed by atoms with Crippen molar-refractivity contribution < 1.29 is 19.4 Å². The highest BCUT2D eigenvalue weighted by Crippen LogP contribution is 2.59. The number of rotatable bonds is 6. The van der Waals surface area contributed by atoms with Gasteiger partial charge in [0.05, 0.1) is 19.3 Å². The van der Waals surface area contributed by atoms with E-state index >= 15 is 0 Å². The van der Waals surface area contributed by atoms with Crippen molar-refractivity contribution in [1.29, 1.82) is 0 Å². The first-order valence-corrected chi connectivity index (χ1v) is 14.3. The predicted molar refractivity (Wildman–Crippen MR) is 157 cm³/mol. The van der Waals surface area contributed by atoms with Crippen molar-refractivity contribution in [2.24, 2.45) is 5.41 Å². The molecule has 0 aromatic heterocycles. The summed E-state index contributed by atoms with van der Waals surface area (Å²) in [4.78, 5) is 27.7. The van der Waals surface area contributed by atoms with Crippen molar-refractivity contribution in [3.05, 3.63) is 90.8 Å². The lowest BCUT2D eigenvalue weighted by Gasteiger charge is -2.47. The van der Waals surface area contributed by atoms with E-state index in [-0.39, 0.29) is 31.4 Å². The topological polar surface area (TPSA) is 87.7 Å². The van der Waals surface area contributed by atoms with Crippen LogP contribution in [-0.4, -0.2) is 30.1 Å². The summed E-state index contributed by atoms with van der Waals surface area (Å²) in [5, 5.41) is 17.2. The molecule has 3 N–H and O–H groups in total. The zero-order chi connectivity index (χ0) is 28.1. The Kier molecular flexibility index (Phi) is 7.68. The molecule has 3 aromatic carbocycles. The minimum absolute atomic E-state index is 0.00772. The van der Waals surface area contributed by atoms with Gasteiger partial charge in [0.25, 0.3) is 0 Å². The summed E-state index contributed by atoms with van der Waals surface area (Å²) in [6.45, 7) is 3.91. The van der Waals surface area contributed by atoms with Crippen LogP contribution in [-0.2, 0) is 15.0 Å². The molecule has 2 aliphatic rings. The van der Waals surface area contributed by atoms with Gasteiger partial charge in [-0.25, -0.2) is 0 Å². The average Bonchev–Trinajstić information content (AvgIpc) is 3.17. The van der Waals surface area contributed by atoms with Gasteiger partial charge in [-0.3, -0.25) is 9.59 Å². The Bertz CT molecular complexity index is 1480. The second-order valence-electron chi connectivity index (χ2n) is 10.7. The molecule has 204 valence electrons. The molecule has 0 saturated carbocycles. The minimum atomic E-state index is -1.31. The number of carbonyl (C=O) groups excluding carboxylic acids is 2. The van der Waals surface area contributed by atoms with Gasteiger partial charge in [-0.2, -0.15) is 0 Å². The van der Waals surface area contributed by atoms with Crippen molar-refractivity contribution in [2.75, 3.05) is 18.5 Å². The van der Waals surface area contributed by atoms with Crippen molar-refractivity contribution >= 4 is 68.2 Å². The lowest BCUT2D eigenvalue weighted by molar-refractivity contribution is -0.131. The number of hydrogen-bond donors (Lipinski definition) is 3. The van der Waals surface area contributed by atoms with Gasteiger partial charge in [-0.05, 0) is 59.7 Å². The van der Waals surface area contributed by atoms with Crippen LogP contribution < -0.4 is 15.4 Å². The molecule has 0 unspecified atom stereocenters. The van der Waals surface area contributed by atoms with E-state index in [1.54, 1.807) is 36.4 Å². The van der Waals surface area contributed by atoms with E-state index in [1.165, 1.54) is 0 Å². The summed E-state index contributed by atoms with van der Waals surface area (Å²) in [6.07, 6.45) is 0.00772. The average molecular weight is 653 g/mol. The van der Waals surface area contributed by atoms with Crippen LogP contribution in [0.5, 0.6) is 5.75 Å². The third-order valence-electron chi connectivity index (χ3n) is 7.41. The summed E-state index contributed by atoms with van der Waals surface area (Å²) in [6, 6.07) is 14.9. The van der Waals surface area contributed by atoms with Crippen LogP contribution in [0.4, 0.5) is 5.69 Å². The number of halogens is 4. The van der Waals surface area contributed by atoms with Crippen LogP contribution >= 0.6 is 50.7 Å². The molecule has 2 heterocycles. The molecule has 0 radical (unpaired) electrons. The number of anilines is 1. The van der Waals surface area contributed by atoms with Crippen LogP contribution in [0.15, 0.2) is 59.1 Å². The maximum Gasteiger partial charge on any atom is 0.238 e. The van der Waals surface area contributed by atoms with Gasteiger partial charge in [0.15, 0.2) is 0 Å². The molecule has 1 fully saturated rings. The Labute approximate surface area is 250 Å². The molecule has 1 saturated heterocycles. The summed E-state index contributed by atoms with van der Waals surface area (Å²) >= 11 is 23.0. The zero-order valence-electron chi connectivity index (χ0n) is 21.2. The number of aliphatic hydroxyl groups is 1. The smallest absolute Gasteiger partial charge is 0.238 e. The highest BCUT2D eigenvalue weighted by Gasteiger charge is 2.62. The fourth-order valence-corrected chi connectivity index (χ4v) is 6.48. The van der Waals surface area contributed by atoms with Gasteiger partial charge in [-0.15, -0.1) is 0 Å². The summed E-state index contributed by atoms with van der Waals surface area (Å²) in [5.41, 5.74) is 0.629. The van der Waals surface area contributed by atoms with E-state index in [0.717, 1.165) is 4.47 Å². The fraction of sp³-hybridized carbons (Fsp3) is 0.310. The Balaban J connectivity index is 1.78. The van der Waals surface area contributed by atoms with E-state index in [1.807, 2.05) is 32.0 Å². The standard InChI is InChI=1S/C29H26BrCl3N2O4/c1-28(2,13-36)14-39-24-8-3-15(30)9-19(24)26-29(20-6-4-17(32)11-23(20)34-27(29)38)21(12-25(37)35-26)18-10-16(31)5-7-22(18)33/h3-11,21,26,36H,12-14H2,1-2H3,(H,34,38)(H,35,37)/t21-,26+,29-/m0/s1. The van der Waals surface area contributed by atoms with Gasteiger partial charge in [0.1, 0.15) is 11.2 Å². The first kappa shape index (κ1) is 28.2. The molecule has 10 heteroatoms. The second-order valence-corrected chi connectivity index (χ2v) is 12.9. The van der Waals surface area contributed by atoms with Crippen molar-refractivity contribution in [2.45, 2.75) is 37.6 Å².